The van der Waals surface area contributed by atoms with Crippen LogP contribution in [-0.2, 0) is 19.6 Å². The molecule has 0 bridgehead atoms. The highest BCUT2D eigenvalue weighted by Gasteiger charge is 2.17. The minimum Gasteiger partial charge on any atom is -0.484 e. The van der Waals surface area contributed by atoms with E-state index >= 15 is 0 Å². The van der Waals surface area contributed by atoms with Gasteiger partial charge >= 0.3 is 0 Å². The molecule has 2 aromatic carbocycles. The molecule has 152 valence electrons. The van der Waals surface area contributed by atoms with Gasteiger partial charge in [-0.05, 0) is 43.3 Å². The number of carbonyl (C=O) groups excluding carboxylic acids is 1. The summed E-state index contributed by atoms with van der Waals surface area (Å²) >= 11 is 5.64. The predicted octanol–water partition coefficient (Wildman–Crippen LogP) is 2.81. The first kappa shape index (κ1) is 22.1. The van der Waals surface area contributed by atoms with Gasteiger partial charge in [0.05, 0.1) is 16.5 Å². The van der Waals surface area contributed by atoms with Gasteiger partial charge in [0.15, 0.2) is 6.61 Å². The standard InChI is InChI=1S/C18H20ClFN2O5S/c1-12(10-26-2)22-28(24,25)15-6-3-13(4-7-15)21-18(23)11-27-14-5-8-17(20)16(19)9-14/h3-9,12,22H,10-11H2,1-2H3,(H,21,23)/t12-/m1/s1. The first-order chi connectivity index (χ1) is 13.2. The Morgan fingerprint density at radius 2 is 1.89 bits per heavy atom. The number of amides is 1. The summed E-state index contributed by atoms with van der Waals surface area (Å²) in [5.74, 6) is -0.804. The van der Waals surface area contributed by atoms with Crippen molar-refractivity contribution >= 4 is 33.2 Å². The molecule has 0 radical (unpaired) electrons. The van der Waals surface area contributed by atoms with Crippen LogP contribution < -0.4 is 14.8 Å². The lowest BCUT2D eigenvalue weighted by Gasteiger charge is -2.13. The molecule has 0 heterocycles. The zero-order valence-corrected chi connectivity index (χ0v) is 16.8. The lowest BCUT2D eigenvalue weighted by Crippen LogP contribution is -2.35. The van der Waals surface area contributed by atoms with Crippen molar-refractivity contribution in [2.45, 2.75) is 17.9 Å². The molecule has 10 heteroatoms. The molecule has 0 aliphatic rings. The van der Waals surface area contributed by atoms with Gasteiger partial charge in [-0.2, -0.15) is 0 Å². The zero-order chi connectivity index (χ0) is 20.7. The molecule has 2 rings (SSSR count). The third kappa shape index (κ3) is 6.45. The van der Waals surface area contributed by atoms with Crippen LogP contribution in [-0.4, -0.2) is 40.7 Å². The van der Waals surface area contributed by atoms with Gasteiger partial charge in [-0.3, -0.25) is 4.79 Å². The van der Waals surface area contributed by atoms with Crippen LogP contribution in [0.25, 0.3) is 0 Å². The molecule has 2 aromatic rings. The SMILES string of the molecule is COC[C@@H](C)NS(=O)(=O)c1ccc(NC(=O)COc2ccc(F)c(Cl)c2)cc1. The van der Waals surface area contributed by atoms with Crippen LogP contribution >= 0.6 is 11.6 Å². The van der Waals surface area contributed by atoms with Crippen LogP contribution in [0.1, 0.15) is 6.92 Å². The molecule has 0 saturated carbocycles. The van der Waals surface area contributed by atoms with Gasteiger partial charge in [-0.1, -0.05) is 11.6 Å². The van der Waals surface area contributed by atoms with E-state index in [0.29, 0.717) is 5.69 Å². The van der Waals surface area contributed by atoms with Crippen molar-refractivity contribution < 1.29 is 27.1 Å². The van der Waals surface area contributed by atoms with Gasteiger partial charge in [-0.25, -0.2) is 17.5 Å². The summed E-state index contributed by atoms with van der Waals surface area (Å²) in [6, 6.07) is 9.04. The summed E-state index contributed by atoms with van der Waals surface area (Å²) in [4.78, 5) is 12.0. The average molecular weight is 431 g/mol. The van der Waals surface area contributed by atoms with Crippen LogP contribution in [0.5, 0.6) is 5.75 Å². The van der Waals surface area contributed by atoms with E-state index in [2.05, 4.69) is 10.0 Å². The number of benzene rings is 2. The van der Waals surface area contributed by atoms with Gasteiger partial charge < -0.3 is 14.8 Å². The van der Waals surface area contributed by atoms with E-state index in [1.165, 1.54) is 43.5 Å². The Hall–Kier alpha value is -2.20. The van der Waals surface area contributed by atoms with E-state index in [1.807, 2.05) is 0 Å². The molecular weight excluding hydrogens is 411 g/mol. The molecule has 1 atom stereocenters. The van der Waals surface area contributed by atoms with E-state index < -0.39 is 21.7 Å². The average Bonchev–Trinajstić information content (AvgIpc) is 2.63. The van der Waals surface area contributed by atoms with Crippen molar-refractivity contribution in [2.75, 3.05) is 25.6 Å². The molecule has 0 saturated heterocycles. The van der Waals surface area contributed by atoms with Crippen LogP contribution in [0.4, 0.5) is 10.1 Å². The molecule has 0 aliphatic heterocycles. The summed E-state index contributed by atoms with van der Waals surface area (Å²) in [7, 11) is -2.21. The Labute approximate surface area is 167 Å². The maximum absolute atomic E-state index is 13.1. The summed E-state index contributed by atoms with van der Waals surface area (Å²) in [6.07, 6.45) is 0. The number of ether oxygens (including phenoxy) is 2. The number of halogens is 2. The number of sulfonamides is 1. The summed E-state index contributed by atoms with van der Waals surface area (Å²) in [5, 5.41) is 2.46. The largest absolute Gasteiger partial charge is 0.484 e. The van der Waals surface area contributed by atoms with Crippen molar-refractivity contribution in [3.8, 4) is 5.75 Å². The molecule has 2 N–H and O–H groups in total. The van der Waals surface area contributed by atoms with Gasteiger partial charge in [0.1, 0.15) is 11.6 Å². The Morgan fingerprint density at radius 1 is 1.21 bits per heavy atom. The smallest absolute Gasteiger partial charge is 0.262 e. The van der Waals surface area contributed by atoms with Crippen LogP contribution in [0, 0.1) is 5.82 Å². The van der Waals surface area contributed by atoms with Crippen molar-refractivity contribution in [1.82, 2.24) is 4.72 Å². The van der Waals surface area contributed by atoms with Crippen LogP contribution in [0.3, 0.4) is 0 Å². The molecule has 0 fully saturated rings. The normalized spacial score (nSPS) is 12.4. The minimum atomic E-state index is -3.69. The van der Waals surface area contributed by atoms with Crippen molar-refractivity contribution in [2.24, 2.45) is 0 Å². The van der Waals surface area contributed by atoms with E-state index in [0.717, 1.165) is 6.07 Å². The maximum Gasteiger partial charge on any atom is 0.262 e. The fraction of sp³-hybridized carbons (Fsp3) is 0.278. The summed E-state index contributed by atoms with van der Waals surface area (Å²) in [5.41, 5.74) is 0.398. The molecule has 0 aliphatic carbocycles. The number of carbonyl (C=O) groups is 1. The quantitative estimate of drug-likeness (QED) is 0.638. The number of nitrogens with one attached hydrogen (secondary N) is 2. The van der Waals surface area contributed by atoms with Gasteiger partial charge in [0.2, 0.25) is 10.0 Å². The van der Waals surface area contributed by atoms with Gasteiger partial charge in [0, 0.05) is 24.9 Å². The number of hydrogen-bond acceptors (Lipinski definition) is 5. The Bertz CT molecular complexity index is 922. The zero-order valence-electron chi connectivity index (χ0n) is 15.2. The Balaban J connectivity index is 1.92. The maximum atomic E-state index is 13.1. The predicted molar refractivity (Wildman–Crippen MR) is 104 cm³/mol. The minimum absolute atomic E-state index is 0.0608. The highest BCUT2D eigenvalue weighted by Crippen LogP contribution is 2.21. The third-order valence-electron chi connectivity index (χ3n) is 3.48. The molecule has 28 heavy (non-hydrogen) atoms. The second-order valence-corrected chi connectivity index (χ2v) is 8.04. The van der Waals surface area contributed by atoms with E-state index in [9.17, 15) is 17.6 Å². The summed E-state index contributed by atoms with van der Waals surface area (Å²) < 4.78 is 50.2. The molecule has 0 spiro atoms. The van der Waals surface area contributed by atoms with Crippen LogP contribution in [0.15, 0.2) is 47.4 Å². The number of anilines is 1. The van der Waals surface area contributed by atoms with E-state index in [1.54, 1.807) is 6.92 Å². The van der Waals surface area contributed by atoms with Crippen LogP contribution in [0.2, 0.25) is 5.02 Å². The molecule has 0 aromatic heterocycles. The fourth-order valence-electron chi connectivity index (χ4n) is 2.25. The third-order valence-corrected chi connectivity index (χ3v) is 5.38. The molecule has 1 amide bonds. The Kier molecular flexibility index (Phi) is 7.76. The second kappa shape index (κ2) is 9.83. The molecular formula is C18H20ClFN2O5S. The lowest BCUT2D eigenvalue weighted by atomic mass is 10.3. The van der Waals surface area contributed by atoms with E-state index in [-0.39, 0.29) is 34.9 Å². The van der Waals surface area contributed by atoms with Crippen molar-refractivity contribution in [1.29, 1.82) is 0 Å². The van der Waals surface area contributed by atoms with Crippen molar-refractivity contribution in [3.63, 3.8) is 0 Å². The highest BCUT2D eigenvalue weighted by atomic mass is 35.5. The van der Waals surface area contributed by atoms with E-state index in [4.69, 9.17) is 21.1 Å². The first-order valence-corrected chi connectivity index (χ1v) is 10.1. The topological polar surface area (TPSA) is 93.7 Å². The number of methoxy groups -OCH3 is 1. The lowest BCUT2D eigenvalue weighted by molar-refractivity contribution is -0.118. The molecule has 7 nitrogen and oxygen atoms in total. The van der Waals surface area contributed by atoms with Gasteiger partial charge in [0.25, 0.3) is 5.91 Å². The molecule has 0 unspecified atom stereocenters. The Morgan fingerprint density at radius 3 is 2.50 bits per heavy atom. The van der Waals surface area contributed by atoms with Crippen molar-refractivity contribution in [3.05, 3.63) is 53.3 Å². The highest BCUT2D eigenvalue weighted by molar-refractivity contribution is 7.89. The fourth-order valence-corrected chi connectivity index (χ4v) is 3.65. The second-order valence-electron chi connectivity index (χ2n) is 5.91. The number of rotatable bonds is 9. The number of hydrogen-bond donors (Lipinski definition) is 2. The first-order valence-electron chi connectivity index (χ1n) is 8.20. The summed E-state index contributed by atoms with van der Waals surface area (Å²) in [6.45, 7) is 1.61. The monoisotopic (exact) mass is 430 g/mol. The van der Waals surface area contributed by atoms with Gasteiger partial charge in [-0.15, -0.1) is 0 Å².